The monoisotopic (exact) mass is 327 g/mol. The Balaban J connectivity index is 1.71. The van der Waals surface area contributed by atoms with E-state index in [9.17, 15) is 8.42 Å². The SMILES string of the molecule is Cc1ccc(CS(=O)(=O)Nc2ccc(-c3ccn[nH]3)cc2)cc1. The first-order chi connectivity index (χ1) is 11.0. The molecule has 0 spiro atoms. The Morgan fingerprint density at radius 1 is 1.00 bits per heavy atom. The van der Waals surface area contributed by atoms with E-state index in [2.05, 4.69) is 14.9 Å². The highest BCUT2D eigenvalue weighted by Gasteiger charge is 2.12. The molecule has 3 rings (SSSR count). The molecule has 0 saturated carbocycles. The van der Waals surface area contributed by atoms with E-state index in [0.29, 0.717) is 5.69 Å². The van der Waals surface area contributed by atoms with E-state index in [0.717, 1.165) is 22.4 Å². The molecule has 0 atom stereocenters. The number of sulfonamides is 1. The Bertz CT molecular complexity index is 869. The number of hydrogen-bond acceptors (Lipinski definition) is 3. The van der Waals surface area contributed by atoms with Gasteiger partial charge >= 0.3 is 0 Å². The van der Waals surface area contributed by atoms with Crippen LogP contribution in [0.4, 0.5) is 5.69 Å². The minimum Gasteiger partial charge on any atom is -0.283 e. The second-order valence-corrected chi connectivity index (χ2v) is 7.12. The third-order valence-corrected chi connectivity index (χ3v) is 4.71. The van der Waals surface area contributed by atoms with Crippen molar-refractivity contribution in [2.24, 2.45) is 0 Å². The summed E-state index contributed by atoms with van der Waals surface area (Å²) in [5.41, 5.74) is 4.24. The third-order valence-electron chi connectivity index (χ3n) is 3.45. The number of aryl methyl sites for hydroxylation is 1. The van der Waals surface area contributed by atoms with Crippen molar-refractivity contribution in [3.8, 4) is 11.3 Å². The lowest BCUT2D eigenvalue weighted by Gasteiger charge is -2.09. The largest absolute Gasteiger partial charge is 0.283 e. The van der Waals surface area contributed by atoms with Gasteiger partial charge in [0.05, 0.1) is 11.4 Å². The van der Waals surface area contributed by atoms with Crippen molar-refractivity contribution < 1.29 is 8.42 Å². The summed E-state index contributed by atoms with van der Waals surface area (Å²) in [6.45, 7) is 1.97. The summed E-state index contributed by atoms with van der Waals surface area (Å²) in [6.07, 6.45) is 1.67. The van der Waals surface area contributed by atoms with Crippen LogP contribution in [0.3, 0.4) is 0 Å². The average Bonchev–Trinajstić information content (AvgIpc) is 3.04. The topological polar surface area (TPSA) is 74.8 Å². The molecular formula is C17H17N3O2S. The maximum atomic E-state index is 12.2. The zero-order chi connectivity index (χ0) is 16.3. The molecule has 0 aliphatic carbocycles. The zero-order valence-corrected chi connectivity index (χ0v) is 13.5. The van der Waals surface area contributed by atoms with Crippen molar-refractivity contribution >= 4 is 15.7 Å². The highest BCUT2D eigenvalue weighted by atomic mass is 32.2. The fraction of sp³-hybridized carbons (Fsp3) is 0.118. The minimum atomic E-state index is -3.44. The van der Waals surface area contributed by atoms with E-state index in [1.54, 1.807) is 18.3 Å². The van der Waals surface area contributed by atoms with Crippen molar-refractivity contribution in [1.29, 1.82) is 0 Å². The molecule has 1 heterocycles. The average molecular weight is 327 g/mol. The molecule has 2 N–H and O–H groups in total. The second kappa shape index (κ2) is 6.26. The van der Waals surface area contributed by atoms with Crippen LogP contribution in [0, 0.1) is 6.92 Å². The quantitative estimate of drug-likeness (QED) is 0.755. The maximum absolute atomic E-state index is 12.2. The zero-order valence-electron chi connectivity index (χ0n) is 12.7. The molecule has 0 radical (unpaired) electrons. The summed E-state index contributed by atoms with van der Waals surface area (Å²) in [5.74, 6) is -0.0461. The summed E-state index contributed by atoms with van der Waals surface area (Å²) in [6, 6.07) is 16.5. The lowest BCUT2D eigenvalue weighted by atomic mass is 10.1. The fourth-order valence-electron chi connectivity index (χ4n) is 2.25. The van der Waals surface area contributed by atoms with Gasteiger partial charge in [0.25, 0.3) is 0 Å². The molecular weight excluding hydrogens is 310 g/mol. The van der Waals surface area contributed by atoms with Gasteiger partial charge in [-0.25, -0.2) is 8.42 Å². The number of anilines is 1. The molecule has 23 heavy (non-hydrogen) atoms. The van der Waals surface area contributed by atoms with Crippen LogP contribution >= 0.6 is 0 Å². The van der Waals surface area contributed by atoms with Gasteiger partial charge in [-0.3, -0.25) is 9.82 Å². The Morgan fingerprint density at radius 3 is 2.30 bits per heavy atom. The molecule has 2 aromatic carbocycles. The first-order valence-electron chi connectivity index (χ1n) is 7.18. The summed E-state index contributed by atoms with van der Waals surface area (Å²) in [4.78, 5) is 0. The Morgan fingerprint density at radius 2 is 1.70 bits per heavy atom. The van der Waals surface area contributed by atoms with Gasteiger partial charge in [0.15, 0.2) is 0 Å². The molecule has 6 heteroatoms. The number of nitrogens with zero attached hydrogens (tertiary/aromatic N) is 1. The number of H-pyrrole nitrogens is 1. The van der Waals surface area contributed by atoms with Crippen LogP contribution < -0.4 is 4.72 Å². The molecule has 0 aliphatic heterocycles. The number of aromatic amines is 1. The molecule has 0 unspecified atom stereocenters. The molecule has 5 nitrogen and oxygen atoms in total. The predicted octanol–water partition coefficient (Wildman–Crippen LogP) is 3.33. The standard InChI is InChI=1S/C17H17N3O2S/c1-13-2-4-14(5-3-13)12-23(21,22)20-16-8-6-15(7-9-16)17-10-11-18-19-17/h2-11,20H,12H2,1H3,(H,18,19). The van der Waals surface area contributed by atoms with Crippen LogP contribution in [0.15, 0.2) is 60.8 Å². The summed E-state index contributed by atoms with van der Waals surface area (Å²) in [5, 5.41) is 6.77. The van der Waals surface area contributed by atoms with Gasteiger partial charge in [0.1, 0.15) is 0 Å². The number of rotatable bonds is 5. The van der Waals surface area contributed by atoms with Crippen LogP contribution in [0.25, 0.3) is 11.3 Å². The predicted molar refractivity (Wildman–Crippen MR) is 91.4 cm³/mol. The van der Waals surface area contributed by atoms with Crippen LogP contribution in [0.2, 0.25) is 0 Å². The number of hydrogen-bond donors (Lipinski definition) is 2. The van der Waals surface area contributed by atoms with Gasteiger partial charge < -0.3 is 0 Å². The van der Waals surface area contributed by atoms with Crippen LogP contribution in [-0.2, 0) is 15.8 Å². The molecule has 0 amide bonds. The second-order valence-electron chi connectivity index (χ2n) is 5.39. The van der Waals surface area contributed by atoms with Crippen molar-refractivity contribution in [2.45, 2.75) is 12.7 Å². The van der Waals surface area contributed by atoms with Crippen molar-refractivity contribution in [3.63, 3.8) is 0 Å². The first kappa shape index (κ1) is 15.3. The van der Waals surface area contributed by atoms with E-state index in [-0.39, 0.29) is 5.75 Å². The smallest absolute Gasteiger partial charge is 0.236 e. The third kappa shape index (κ3) is 3.98. The van der Waals surface area contributed by atoms with Gasteiger partial charge in [-0.1, -0.05) is 42.0 Å². The number of nitrogens with one attached hydrogen (secondary N) is 2. The van der Waals surface area contributed by atoms with Gasteiger partial charge in [0.2, 0.25) is 10.0 Å². The van der Waals surface area contributed by atoms with Crippen molar-refractivity contribution in [3.05, 3.63) is 71.9 Å². The molecule has 0 aliphatic rings. The summed E-state index contributed by atoms with van der Waals surface area (Å²) < 4.78 is 27.1. The van der Waals surface area contributed by atoms with Crippen LogP contribution in [0.1, 0.15) is 11.1 Å². The summed E-state index contributed by atoms with van der Waals surface area (Å²) in [7, 11) is -3.44. The lowest BCUT2D eigenvalue weighted by Crippen LogP contribution is -2.15. The molecule has 0 saturated heterocycles. The van der Waals surface area contributed by atoms with E-state index in [1.165, 1.54) is 0 Å². The van der Waals surface area contributed by atoms with Gasteiger partial charge in [0, 0.05) is 11.9 Å². The van der Waals surface area contributed by atoms with Gasteiger partial charge in [-0.15, -0.1) is 0 Å². The highest BCUT2D eigenvalue weighted by molar-refractivity contribution is 7.91. The van der Waals surface area contributed by atoms with E-state index in [1.807, 2.05) is 49.4 Å². The lowest BCUT2D eigenvalue weighted by molar-refractivity contribution is 0.600. The van der Waals surface area contributed by atoms with Gasteiger partial charge in [-0.05, 0) is 36.2 Å². The van der Waals surface area contributed by atoms with E-state index in [4.69, 9.17) is 0 Å². The molecule has 1 aromatic heterocycles. The van der Waals surface area contributed by atoms with Gasteiger partial charge in [-0.2, -0.15) is 5.10 Å². The van der Waals surface area contributed by atoms with Crippen molar-refractivity contribution in [2.75, 3.05) is 4.72 Å². The fourth-order valence-corrected chi connectivity index (χ4v) is 3.45. The van der Waals surface area contributed by atoms with E-state index < -0.39 is 10.0 Å². The highest BCUT2D eigenvalue weighted by Crippen LogP contribution is 2.20. The van der Waals surface area contributed by atoms with E-state index >= 15 is 0 Å². The Kier molecular flexibility index (Phi) is 4.16. The molecule has 118 valence electrons. The Hall–Kier alpha value is -2.60. The van der Waals surface area contributed by atoms with Crippen LogP contribution in [0.5, 0.6) is 0 Å². The normalized spacial score (nSPS) is 11.3. The molecule has 3 aromatic rings. The number of benzene rings is 2. The summed E-state index contributed by atoms with van der Waals surface area (Å²) >= 11 is 0. The number of aromatic nitrogens is 2. The first-order valence-corrected chi connectivity index (χ1v) is 8.83. The maximum Gasteiger partial charge on any atom is 0.236 e. The Labute approximate surface area is 135 Å². The molecule has 0 fully saturated rings. The minimum absolute atomic E-state index is 0.0461. The van der Waals surface area contributed by atoms with Crippen LogP contribution in [-0.4, -0.2) is 18.6 Å². The van der Waals surface area contributed by atoms with Crippen molar-refractivity contribution in [1.82, 2.24) is 10.2 Å². The molecule has 0 bridgehead atoms.